The number of carbonyl (C=O) groups excluding carboxylic acids is 3. The maximum atomic E-state index is 13.1. The highest BCUT2D eigenvalue weighted by atomic mass is 31.2. The molecule has 5 atom stereocenters. The zero-order chi connectivity index (χ0) is 86.5. The summed E-state index contributed by atoms with van der Waals surface area (Å²) in [5, 5.41) is 20.7. The number of rotatable bonds is 90. The van der Waals surface area contributed by atoms with E-state index in [0.29, 0.717) is 19.3 Å². The number of ether oxygens (including phenoxy) is 3. The Labute approximate surface area is 727 Å². The number of phosphoric ester groups is 2. The number of carbonyl (C=O) groups is 3. The molecule has 684 valence electrons. The van der Waals surface area contributed by atoms with Crippen LogP contribution in [0, 0.1) is 0 Å². The number of allylic oxidation sites excluding steroid dienone is 26. The number of hydrogen-bond donors (Lipinski definition) is 4. The molecule has 4 N–H and O–H groups in total. The normalized spacial score (nSPS) is 14.4. The van der Waals surface area contributed by atoms with E-state index in [1.165, 1.54) is 180 Å². The average molecular weight is 1710 g/mol. The van der Waals surface area contributed by atoms with E-state index in [1.54, 1.807) is 0 Å². The second kappa shape index (κ2) is 92.4. The summed E-state index contributed by atoms with van der Waals surface area (Å²) < 4.78 is 61.5. The zero-order valence-electron chi connectivity index (χ0n) is 75.5. The molecule has 0 aliphatic carbocycles. The Hall–Kier alpha value is -4.83. The van der Waals surface area contributed by atoms with Gasteiger partial charge in [-0.25, -0.2) is 9.13 Å². The Morgan fingerprint density at radius 1 is 0.235 bits per heavy atom. The highest BCUT2D eigenvalue weighted by Gasteiger charge is 2.30. The van der Waals surface area contributed by atoms with Gasteiger partial charge in [0.15, 0.2) is 6.10 Å². The van der Waals surface area contributed by atoms with E-state index in [-0.39, 0.29) is 19.3 Å². The summed E-state index contributed by atoms with van der Waals surface area (Å²) in [5.41, 5.74) is 0. The van der Waals surface area contributed by atoms with Gasteiger partial charge in [0.25, 0.3) is 0 Å². The molecular weight excluding hydrogens is 1530 g/mol. The van der Waals surface area contributed by atoms with Crippen LogP contribution >= 0.6 is 15.6 Å². The summed E-state index contributed by atoms with van der Waals surface area (Å²) in [7, 11) is -9.81. The largest absolute Gasteiger partial charge is 0.472 e. The van der Waals surface area contributed by atoms with E-state index in [1.807, 2.05) is 0 Å². The van der Waals surface area contributed by atoms with Gasteiger partial charge >= 0.3 is 33.6 Å². The lowest BCUT2D eigenvalue weighted by Gasteiger charge is -2.21. The average Bonchev–Trinajstić information content (AvgIpc) is 0.899. The third kappa shape index (κ3) is 93.7. The van der Waals surface area contributed by atoms with Crippen molar-refractivity contribution in [3.63, 3.8) is 0 Å². The first-order valence-corrected chi connectivity index (χ1v) is 50.8. The van der Waals surface area contributed by atoms with Crippen LogP contribution in [0.1, 0.15) is 406 Å². The number of aliphatic hydroxyl groups excluding tert-OH is 2. The minimum Gasteiger partial charge on any atom is -0.463 e. The number of esters is 3. The van der Waals surface area contributed by atoms with Crippen LogP contribution in [-0.2, 0) is 55.8 Å². The minimum absolute atomic E-state index is 0.0925. The summed E-state index contributed by atoms with van der Waals surface area (Å²) >= 11 is 0. The van der Waals surface area contributed by atoms with Crippen molar-refractivity contribution in [1.29, 1.82) is 0 Å². The fraction of sp³-hybridized carbons (Fsp3) is 0.713. The Morgan fingerprint density at radius 2 is 0.420 bits per heavy atom. The summed E-state index contributed by atoms with van der Waals surface area (Å²) in [4.78, 5) is 59.0. The van der Waals surface area contributed by atoms with Crippen molar-refractivity contribution in [3.8, 4) is 0 Å². The Kier molecular flexibility index (Phi) is 88.6. The molecule has 16 nitrogen and oxygen atoms in total. The van der Waals surface area contributed by atoms with Crippen molar-refractivity contribution >= 4 is 33.6 Å². The summed E-state index contributed by atoms with van der Waals surface area (Å²) in [6.07, 6.45) is 119. The molecule has 5 unspecified atom stereocenters. The Morgan fingerprint density at radius 3 is 0.664 bits per heavy atom. The maximum absolute atomic E-state index is 13.1. The van der Waals surface area contributed by atoms with Crippen LogP contribution in [0.5, 0.6) is 0 Å². The van der Waals surface area contributed by atoms with Crippen molar-refractivity contribution in [3.05, 3.63) is 158 Å². The van der Waals surface area contributed by atoms with Gasteiger partial charge < -0.3 is 34.2 Å². The van der Waals surface area contributed by atoms with Crippen LogP contribution in [0.15, 0.2) is 158 Å². The van der Waals surface area contributed by atoms with Crippen LogP contribution in [-0.4, -0.2) is 95.9 Å². The van der Waals surface area contributed by atoms with E-state index >= 15 is 0 Å². The molecule has 18 heteroatoms. The van der Waals surface area contributed by atoms with Crippen molar-refractivity contribution in [1.82, 2.24) is 0 Å². The third-order valence-corrected chi connectivity index (χ3v) is 22.1. The molecule has 0 rings (SSSR count). The monoisotopic (exact) mass is 1710 g/mol. The van der Waals surface area contributed by atoms with E-state index in [0.717, 1.165) is 167 Å². The molecule has 0 fully saturated rings. The molecule has 0 aromatic heterocycles. The molecule has 0 saturated heterocycles. The van der Waals surface area contributed by atoms with E-state index < -0.39 is 91.5 Å². The highest BCUT2D eigenvalue weighted by Crippen LogP contribution is 2.45. The van der Waals surface area contributed by atoms with Crippen LogP contribution < -0.4 is 0 Å². The van der Waals surface area contributed by atoms with Gasteiger partial charge in [0, 0.05) is 19.3 Å². The lowest BCUT2D eigenvalue weighted by Crippen LogP contribution is -2.30. The topological polar surface area (TPSA) is 231 Å². The van der Waals surface area contributed by atoms with Crippen molar-refractivity contribution < 1.29 is 75.8 Å². The van der Waals surface area contributed by atoms with Gasteiger partial charge in [-0.1, -0.05) is 403 Å². The maximum Gasteiger partial charge on any atom is 0.472 e. The molecule has 119 heavy (non-hydrogen) atoms. The quantitative estimate of drug-likeness (QED) is 0.0146. The molecule has 0 bridgehead atoms. The Balaban J connectivity index is 4.47. The lowest BCUT2D eigenvalue weighted by molar-refractivity contribution is -0.161. The van der Waals surface area contributed by atoms with Crippen molar-refractivity contribution in [2.75, 3.05) is 39.6 Å². The number of unbranched alkanes of at least 4 members (excludes halogenated alkanes) is 41. The number of hydrogen-bond acceptors (Lipinski definition) is 14. The second-order valence-electron chi connectivity index (χ2n) is 31.7. The molecule has 0 aromatic rings. The molecule has 0 heterocycles. The number of phosphoric acid groups is 2. The number of aliphatic hydroxyl groups is 2. The molecule has 0 radical (unpaired) electrons. The van der Waals surface area contributed by atoms with Gasteiger partial charge in [-0.15, -0.1) is 0 Å². The van der Waals surface area contributed by atoms with Crippen LogP contribution in [0.4, 0.5) is 0 Å². The molecule has 0 amide bonds. The highest BCUT2D eigenvalue weighted by molar-refractivity contribution is 7.47. The molecular formula is C101H174O16P2. The van der Waals surface area contributed by atoms with Gasteiger partial charge in [0.1, 0.15) is 25.4 Å². The fourth-order valence-electron chi connectivity index (χ4n) is 13.1. The molecule has 0 aromatic carbocycles. The zero-order valence-corrected chi connectivity index (χ0v) is 77.3. The SMILES string of the molecule is CC/C=C\C/C=C\C/C=C\C/C=C\C/C=C\CCCCCCCCCCCCCCCCCCCC(=O)OCC(O)COP(=O)(O)OCC(O)COP(=O)(O)OCC(COC(=O)CCCCCCCCCCCCCCCCCCC/C=C\C/C=C\C/C=C\C/C=C\C/C=C\CC)OC(=O)CCCCCCCCC/C=C\C/C=C\C/C=C\CC. The lowest BCUT2D eigenvalue weighted by atomic mass is 10.0. The predicted octanol–water partition coefficient (Wildman–Crippen LogP) is 29.7. The molecule has 0 aliphatic heterocycles. The molecule has 0 aliphatic rings. The first kappa shape index (κ1) is 114. The van der Waals surface area contributed by atoms with Crippen molar-refractivity contribution in [2.45, 2.75) is 424 Å². The molecule has 0 spiro atoms. The summed E-state index contributed by atoms with van der Waals surface area (Å²) in [5.74, 6) is -1.57. The van der Waals surface area contributed by atoms with Gasteiger partial charge in [0.2, 0.25) is 0 Å². The Bertz CT molecular complexity index is 2790. The van der Waals surface area contributed by atoms with Gasteiger partial charge in [-0.05, 0) is 141 Å². The van der Waals surface area contributed by atoms with Gasteiger partial charge in [-0.3, -0.25) is 32.5 Å². The first-order valence-electron chi connectivity index (χ1n) is 47.8. The van der Waals surface area contributed by atoms with E-state index in [9.17, 15) is 43.5 Å². The van der Waals surface area contributed by atoms with Gasteiger partial charge in [0.05, 0.1) is 26.4 Å². The van der Waals surface area contributed by atoms with Crippen LogP contribution in [0.2, 0.25) is 0 Å². The fourth-order valence-corrected chi connectivity index (χ4v) is 14.7. The summed E-state index contributed by atoms with van der Waals surface area (Å²) in [6, 6.07) is 0. The molecule has 0 saturated carbocycles. The minimum atomic E-state index is -4.94. The standard InChI is InChI=1S/C101H174O16P2/c1-4-7-10-13-16-19-22-25-28-31-33-35-37-39-41-43-45-47-49-51-53-55-57-59-61-64-66-69-72-75-78-81-84-87-99(104)111-90-96(102)91-113-118(107,108)114-92-97(103)93-115-119(109,110)116-95-98(117-101(106)89-86-83-80-77-74-71-68-63-30-27-24-21-18-15-12-9-6-3)94-112-100(105)88-85-82-79-76-73-70-67-65-62-60-58-56-54-52-50-48-46-44-42-40-38-36-34-32-29-26-23-20-17-14-11-8-5-2/h7-12,16-21,25-30,33-36,39-42,96-98,102-103H,4-6,13-15,22-24,31-32,37-38,43-95H2,1-3H3,(H,107,108)(H,109,110)/b10-7-,11-8-,12-9-,19-16-,20-17-,21-18-,28-25-,29-26-,30-27-,35-33-,36-34-,41-39-,42-40-. The van der Waals surface area contributed by atoms with E-state index in [2.05, 4.69) is 179 Å². The predicted molar refractivity (Wildman–Crippen MR) is 500 cm³/mol. The van der Waals surface area contributed by atoms with Crippen LogP contribution in [0.25, 0.3) is 0 Å². The van der Waals surface area contributed by atoms with Crippen LogP contribution in [0.3, 0.4) is 0 Å². The first-order chi connectivity index (χ1) is 58.2. The van der Waals surface area contributed by atoms with Crippen molar-refractivity contribution in [2.24, 2.45) is 0 Å². The van der Waals surface area contributed by atoms with E-state index in [4.69, 9.17) is 32.3 Å². The van der Waals surface area contributed by atoms with Gasteiger partial charge in [-0.2, -0.15) is 0 Å². The summed E-state index contributed by atoms with van der Waals surface area (Å²) in [6.45, 7) is 2.40. The smallest absolute Gasteiger partial charge is 0.463 e. The second-order valence-corrected chi connectivity index (χ2v) is 34.6. The third-order valence-electron chi connectivity index (χ3n) is 20.2.